The number of hydrogen-bond acceptors (Lipinski definition) is 11. The molecule has 1 aliphatic rings. The Bertz CT molecular complexity index is 1240. The van der Waals surface area contributed by atoms with Gasteiger partial charge >= 0.3 is 5.97 Å². The normalized spacial score (nSPS) is 24.8. The number of carbonyl (C=O) groups excluding carboxylic acids is 9. The molecule has 256 valence electrons. The summed E-state index contributed by atoms with van der Waals surface area (Å²) in [6.07, 6.45) is -5.02. The van der Waals surface area contributed by atoms with E-state index in [9.17, 15) is 53.1 Å². The monoisotopic (exact) mass is 657 g/mol. The van der Waals surface area contributed by atoms with Gasteiger partial charge in [-0.05, 0) is 5.92 Å². The summed E-state index contributed by atoms with van der Waals surface area (Å²) in [7, 11) is 1.03. The first kappa shape index (κ1) is 38.7. The van der Waals surface area contributed by atoms with Crippen molar-refractivity contribution in [3.8, 4) is 0 Å². The summed E-state index contributed by atoms with van der Waals surface area (Å²) in [5, 5.41) is 18.7. The van der Waals surface area contributed by atoms with Crippen LogP contribution in [-0.2, 0) is 52.7 Å². The van der Waals surface area contributed by atoms with E-state index in [2.05, 4.69) is 26.7 Å². The second-order valence-corrected chi connectivity index (χ2v) is 10.4. The van der Waals surface area contributed by atoms with Crippen molar-refractivity contribution in [2.24, 2.45) is 23.1 Å². The van der Waals surface area contributed by atoms with Crippen LogP contribution >= 0.6 is 0 Å². The van der Waals surface area contributed by atoms with Crippen molar-refractivity contribution in [3.05, 3.63) is 0 Å². The molecular formula is C25H39N9O12. The first-order chi connectivity index (χ1) is 21.4. The van der Waals surface area contributed by atoms with Crippen LogP contribution in [0.25, 0.3) is 0 Å². The van der Waals surface area contributed by atoms with Crippen LogP contribution in [0.3, 0.4) is 0 Å². The molecule has 6 atom stereocenters. The molecule has 1 saturated heterocycles. The standard InChI is InChI=1S/C25H39N9O12/c1-4-10(2)20-25(45)31-12(6-16(27)36)22(42)29-11(5-15(26)35)21(41)30-13(7-17(28)37)23(43)33-34(3)18(38)9-46-14(8-19(39)40)24(44)32-20/h10-14,20H,4-9H2,1-3H3,(H2,26,35)(H2,27,36)(H2,28,37)(H,29,42)(H,30,41)(H,31,45)(H,32,44)(H,33,43)(H,39,40)/t10-,11-,12+,13-,14+,20-/m0/s1. The molecule has 1 fully saturated rings. The zero-order chi connectivity index (χ0) is 35.3. The van der Waals surface area contributed by atoms with Gasteiger partial charge in [-0.2, -0.15) is 0 Å². The predicted octanol–water partition coefficient (Wildman–Crippen LogP) is -6.04. The number of carboxylic acids is 1. The largest absolute Gasteiger partial charge is 0.481 e. The first-order valence-corrected chi connectivity index (χ1v) is 13.8. The van der Waals surface area contributed by atoms with Crippen LogP contribution in [0.15, 0.2) is 0 Å². The molecule has 21 heteroatoms. The van der Waals surface area contributed by atoms with Crippen molar-refractivity contribution in [3.63, 3.8) is 0 Å². The third-order valence-electron chi connectivity index (χ3n) is 6.62. The number of carboxylic acid groups (broad SMARTS) is 1. The summed E-state index contributed by atoms with van der Waals surface area (Å²) in [4.78, 5) is 125. The van der Waals surface area contributed by atoms with Gasteiger partial charge in [0, 0.05) is 7.05 Å². The molecule has 0 aromatic heterocycles. The average molecular weight is 658 g/mol. The van der Waals surface area contributed by atoms with Crippen LogP contribution in [0.5, 0.6) is 0 Å². The fourth-order valence-corrected chi connectivity index (χ4v) is 3.95. The molecule has 0 radical (unpaired) electrons. The fourth-order valence-electron chi connectivity index (χ4n) is 3.95. The minimum Gasteiger partial charge on any atom is -0.481 e. The maximum Gasteiger partial charge on any atom is 0.306 e. The van der Waals surface area contributed by atoms with Gasteiger partial charge in [0.15, 0.2) is 0 Å². The lowest BCUT2D eigenvalue weighted by Gasteiger charge is -2.28. The van der Waals surface area contributed by atoms with Crippen LogP contribution in [0.1, 0.15) is 46.0 Å². The Morgan fingerprint density at radius 1 is 0.761 bits per heavy atom. The van der Waals surface area contributed by atoms with E-state index in [1.807, 2.05) is 0 Å². The third kappa shape index (κ3) is 12.7. The van der Waals surface area contributed by atoms with Crippen molar-refractivity contribution >= 4 is 59.1 Å². The van der Waals surface area contributed by atoms with Gasteiger partial charge in [-0.1, -0.05) is 20.3 Å². The summed E-state index contributed by atoms with van der Waals surface area (Å²) in [5.41, 5.74) is 17.7. The molecule has 12 N–H and O–H groups in total. The Labute approximate surface area is 262 Å². The van der Waals surface area contributed by atoms with E-state index in [-0.39, 0.29) is 6.42 Å². The molecule has 0 bridgehead atoms. The van der Waals surface area contributed by atoms with Gasteiger partial charge in [0.25, 0.3) is 11.8 Å². The van der Waals surface area contributed by atoms with Gasteiger partial charge < -0.3 is 48.3 Å². The lowest BCUT2D eigenvalue weighted by atomic mass is 9.97. The maximum atomic E-state index is 13.3. The third-order valence-corrected chi connectivity index (χ3v) is 6.62. The van der Waals surface area contributed by atoms with Gasteiger partial charge in [0.1, 0.15) is 36.9 Å². The van der Waals surface area contributed by atoms with Crippen molar-refractivity contribution < 1.29 is 57.8 Å². The van der Waals surface area contributed by atoms with E-state index in [1.165, 1.54) is 6.92 Å². The van der Waals surface area contributed by atoms with Crippen LogP contribution in [0.4, 0.5) is 0 Å². The lowest BCUT2D eigenvalue weighted by Crippen LogP contribution is -2.60. The van der Waals surface area contributed by atoms with E-state index in [0.717, 1.165) is 7.05 Å². The predicted molar refractivity (Wildman–Crippen MR) is 152 cm³/mol. The first-order valence-electron chi connectivity index (χ1n) is 13.8. The topological polar surface area (TPSA) is 342 Å². The number of ether oxygens (including phenoxy) is 1. The minimum absolute atomic E-state index is 0.270. The van der Waals surface area contributed by atoms with Gasteiger partial charge in [-0.15, -0.1) is 0 Å². The van der Waals surface area contributed by atoms with Crippen molar-refractivity contribution in [1.29, 1.82) is 0 Å². The number of aliphatic carboxylic acids is 1. The van der Waals surface area contributed by atoms with Crippen LogP contribution in [-0.4, -0.2) is 113 Å². The van der Waals surface area contributed by atoms with E-state index in [1.54, 1.807) is 6.92 Å². The number of carbonyl (C=O) groups is 10. The zero-order valence-electron chi connectivity index (χ0n) is 25.3. The number of nitrogens with one attached hydrogen (secondary N) is 5. The molecular weight excluding hydrogens is 618 g/mol. The Kier molecular flexibility index (Phi) is 15.0. The van der Waals surface area contributed by atoms with E-state index < -0.39 is 128 Å². The van der Waals surface area contributed by atoms with E-state index >= 15 is 0 Å². The molecule has 46 heavy (non-hydrogen) atoms. The SMILES string of the molecule is CC[C@H](C)[C@@H]1NC(=O)[C@@H](CC(=O)O)OCC(=O)N(C)NC(=O)[C@H](CC(N)=O)NC(=O)[C@H](CC(N)=O)NC(=O)[C@@H](CC(N)=O)NC1=O. The molecule has 0 spiro atoms. The maximum absolute atomic E-state index is 13.3. The summed E-state index contributed by atoms with van der Waals surface area (Å²) in [6, 6.07) is -6.82. The van der Waals surface area contributed by atoms with Crippen molar-refractivity contribution in [2.45, 2.75) is 76.2 Å². The Morgan fingerprint density at radius 2 is 1.20 bits per heavy atom. The number of primary amides is 3. The molecule has 1 heterocycles. The zero-order valence-corrected chi connectivity index (χ0v) is 25.3. The second-order valence-electron chi connectivity index (χ2n) is 10.4. The molecule has 0 aliphatic carbocycles. The molecule has 21 nitrogen and oxygen atoms in total. The van der Waals surface area contributed by atoms with E-state index in [4.69, 9.17) is 21.9 Å². The van der Waals surface area contributed by atoms with E-state index in [0.29, 0.717) is 5.01 Å². The molecule has 1 aliphatic heterocycles. The van der Waals surface area contributed by atoms with Crippen LogP contribution < -0.4 is 43.9 Å². The van der Waals surface area contributed by atoms with Crippen molar-refractivity contribution in [2.75, 3.05) is 13.7 Å². The van der Waals surface area contributed by atoms with Crippen molar-refractivity contribution in [1.82, 2.24) is 31.7 Å². The molecule has 9 amide bonds. The Morgan fingerprint density at radius 3 is 1.61 bits per heavy atom. The smallest absolute Gasteiger partial charge is 0.306 e. The number of hydrazine groups is 1. The number of hydrogen-bond donors (Lipinski definition) is 9. The van der Waals surface area contributed by atoms with Gasteiger partial charge in [-0.3, -0.25) is 58.4 Å². The second kappa shape index (κ2) is 17.8. The Hall–Kier alpha value is -5.34. The van der Waals surface area contributed by atoms with Gasteiger partial charge in [0.2, 0.25) is 41.4 Å². The van der Waals surface area contributed by atoms with Gasteiger partial charge in [-0.25, -0.2) is 0 Å². The number of likely N-dealkylation sites (N-methyl/N-ethyl adjacent to an activating group) is 1. The molecule has 0 aromatic carbocycles. The summed E-state index contributed by atoms with van der Waals surface area (Å²) in [5.74, 6) is -12.2. The highest BCUT2D eigenvalue weighted by molar-refractivity contribution is 5.99. The number of rotatable bonds is 10. The quantitative estimate of drug-likeness (QED) is 0.106. The number of amides is 9. The molecule has 0 unspecified atom stereocenters. The number of nitrogens with zero attached hydrogens (tertiary/aromatic N) is 1. The number of nitrogens with two attached hydrogens (primary N) is 3. The van der Waals surface area contributed by atoms with Crippen LogP contribution in [0.2, 0.25) is 0 Å². The average Bonchev–Trinajstić information content (AvgIpc) is 2.94. The fraction of sp³-hybridized carbons (Fsp3) is 0.600. The summed E-state index contributed by atoms with van der Waals surface area (Å²) >= 11 is 0. The molecule has 1 rings (SSSR count). The van der Waals surface area contributed by atoms with Gasteiger partial charge in [0.05, 0.1) is 25.7 Å². The summed E-state index contributed by atoms with van der Waals surface area (Å²) < 4.78 is 5.22. The highest BCUT2D eigenvalue weighted by Crippen LogP contribution is 2.11. The summed E-state index contributed by atoms with van der Waals surface area (Å²) in [6.45, 7) is 2.22. The highest BCUT2D eigenvalue weighted by atomic mass is 16.5. The minimum atomic E-state index is -1.83. The Balaban J connectivity index is 3.68. The lowest BCUT2D eigenvalue weighted by molar-refractivity contribution is -0.154. The molecule has 0 saturated carbocycles. The highest BCUT2D eigenvalue weighted by Gasteiger charge is 2.36. The molecule has 0 aromatic rings. The van der Waals surface area contributed by atoms with Crippen LogP contribution in [0, 0.1) is 5.92 Å².